The number of ether oxygens (including phenoxy) is 1. The molecule has 0 aromatic heterocycles. The van der Waals surface area contributed by atoms with Gasteiger partial charge in [-0.1, -0.05) is 29.8 Å². The number of rotatable bonds is 5. The summed E-state index contributed by atoms with van der Waals surface area (Å²) >= 11 is 0. The first-order valence-electron chi connectivity index (χ1n) is 7.78. The quantitative estimate of drug-likeness (QED) is 0.816. The van der Waals surface area contributed by atoms with Gasteiger partial charge in [-0.2, -0.15) is 0 Å². The number of amides is 2. The predicted octanol–water partition coefficient (Wildman–Crippen LogP) is 4.12. The van der Waals surface area contributed by atoms with E-state index < -0.39 is 0 Å². The summed E-state index contributed by atoms with van der Waals surface area (Å²) in [4.78, 5) is 11.9. The third kappa shape index (κ3) is 4.74. The molecule has 0 aliphatic carbocycles. The number of urea groups is 1. The number of anilines is 1. The van der Waals surface area contributed by atoms with Gasteiger partial charge in [-0.05, 0) is 56.5 Å². The van der Waals surface area contributed by atoms with E-state index in [4.69, 9.17) is 4.74 Å². The summed E-state index contributed by atoms with van der Waals surface area (Å²) in [5.41, 5.74) is 5.37. The lowest BCUT2D eigenvalue weighted by molar-refractivity contribution is 0.247. The standard InChI is InChI=1S/C19H24N2O2/c1-13-8-9-18(15(3)12-13)23-11-10-20-19(22)21-17-7-5-6-14(2)16(17)4/h5-9,12H,10-11H2,1-4H3,(H2,20,21,22). The van der Waals surface area contributed by atoms with Crippen molar-refractivity contribution in [3.63, 3.8) is 0 Å². The van der Waals surface area contributed by atoms with Crippen LogP contribution in [-0.2, 0) is 0 Å². The number of carbonyl (C=O) groups is 1. The highest BCUT2D eigenvalue weighted by molar-refractivity contribution is 5.90. The predicted molar refractivity (Wildman–Crippen MR) is 94.3 cm³/mol. The van der Waals surface area contributed by atoms with Gasteiger partial charge in [0.1, 0.15) is 12.4 Å². The van der Waals surface area contributed by atoms with Crippen molar-refractivity contribution in [2.75, 3.05) is 18.5 Å². The molecule has 2 N–H and O–H groups in total. The van der Waals surface area contributed by atoms with Gasteiger partial charge in [-0.15, -0.1) is 0 Å². The number of benzene rings is 2. The summed E-state index contributed by atoms with van der Waals surface area (Å²) in [6, 6.07) is 11.7. The molecule has 0 aliphatic rings. The van der Waals surface area contributed by atoms with Crippen LogP contribution in [0, 0.1) is 27.7 Å². The minimum absolute atomic E-state index is 0.220. The van der Waals surface area contributed by atoms with Gasteiger partial charge in [0.2, 0.25) is 0 Å². The molecule has 4 nitrogen and oxygen atoms in total. The van der Waals surface area contributed by atoms with E-state index in [0.29, 0.717) is 13.2 Å². The van der Waals surface area contributed by atoms with Crippen molar-refractivity contribution in [3.8, 4) is 5.75 Å². The molecule has 2 amide bonds. The van der Waals surface area contributed by atoms with Crippen LogP contribution in [0.15, 0.2) is 36.4 Å². The molecule has 4 heteroatoms. The van der Waals surface area contributed by atoms with Crippen molar-refractivity contribution in [1.29, 1.82) is 0 Å². The molecule has 2 aromatic rings. The fourth-order valence-corrected chi connectivity index (χ4v) is 2.34. The van der Waals surface area contributed by atoms with Gasteiger partial charge >= 0.3 is 6.03 Å². The van der Waals surface area contributed by atoms with Gasteiger partial charge in [-0.3, -0.25) is 0 Å². The van der Waals surface area contributed by atoms with Crippen LogP contribution in [0.25, 0.3) is 0 Å². The molecule has 23 heavy (non-hydrogen) atoms. The van der Waals surface area contributed by atoms with E-state index in [1.54, 1.807) is 0 Å². The van der Waals surface area contributed by atoms with E-state index in [1.165, 1.54) is 5.56 Å². The second kappa shape index (κ2) is 7.68. The Labute approximate surface area is 137 Å². The third-order valence-corrected chi connectivity index (χ3v) is 3.83. The van der Waals surface area contributed by atoms with Crippen LogP contribution in [0.2, 0.25) is 0 Å². The molecule has 0 bridgehead atoms. The summed E-state index contributed by atoms with van der Waals surface area (Å²) in [6.45, 7) is 8.97. The van der Waals surface area contributed by atoms with E-state index >= 15 is 0 Å². The van der Waals surface area contributed by atoms with Crippen LogP contribution in [0.3, 0.4) is 0 Å². The number of carbonyl (C=O) groups excluding carboxylic acids is 1. The van der Waals surface area contributed by atoms with Crippen molar-refractivity contribution in [1.82, 2.24) is 5.32 Å². The van der Waals surface area contributed by atoms with Gasteiger partial charge in [0.15, 0.2) is 0 Å². The van der Waals surface area contributed by atoms with Gasteiger partial charge in [0, 0.05) is 5.69 Å². The number of hydrogen-bond acceptors (Lipinski definition) is 2. The number of aryl methyl sites for hydroxylation is 3. The van der Waals surface area contributed by atoms with Crippen LogP contribution >= 0.6 is 0 Å². The van der Waals surface area contributed by atoms with Crippen molar-refractivity contribution >= 4 is 11.7 Å². The molecule has 2 rings (SSSR count). The first-order chi connectivity index (χ1) is 11.0. The molecule has 122 valence electrons. The average molecular weight is 312 g/mol. The minimum Gasteiger partial charge on any atom is -0.491 e. The Hall–Kier alpha value is -2.49. The normalized spacial score (nSPS) is 10.3. The zero-order chi connectivity index (χ0) is 16.8. The van der Waals surface area contributed by atoms with Gasteiger partial charge in [-0.25, -0.2) is 4.79 Å². The highest BCUT2D eigenvalue weighted by Crippen LogP contribution is 2.19. The molecule has 0 heterocycles. The third-order valence-electron chi connectivity index (χ3n) is 3.83. The summed E-state index contributed by atoms with van der Waals surface area (Å²) in [6.07, 6.45) is 0. The molecule has 2 aromatic carbocycles. The van der Waals surface area contributed by atoms with E-state index in [2.05, 4.69) is 23.6 Å². The lowest BCUT2D eigenvalue weighted by Gasteiger charge is -2.12. The van der Waals surface area contributed by atoms with Crippen molar-refractivity contribution < 1.29 is 9.53 Å². The molecule has 0 saturated heterocycles. The Kier molecular flexibility index (Phi) is 5.63. The molecule has 0 radical (unpaired) electrons. The zero-order valence-electron chi connectivity index (χ0n) is 14.2. The second-order valence-corrected chi connectivity index (χ2v) is 5.75. The molecular weight excluding hydrogens is 288 g/mol. The smallest absolute Gasteiger partial charge is 0.319 e. The van der Waals surface area contributed by atoms with Crippen LogP contribution < -0.4 is 15.4 Å². The minimum atomic E-state index is -0.220. The topological polar surface area (TPSA) is 50.4 Å². The Morgan fingerprint density at radius 2 is 1.83 bits per heavy atom. The summed E-state index contributed by atoms with van der Waals surface area (Å²) in [5, 5.41) is 5.67. The Bertz CT molecular complexity index is 696. The van der Waals surface area contributed by atoms with Crippen molar-refractivity contribution in [2.45, 2.75) is 27.7 Å². The Morgan fingerprint density at radius 1 is 1.04 bits per heavy atom. The van der Waals surface area contributed by atoms with E-state index in [1.807, 2.05) is 51.1 Å². The van der Waals surface area contributed by atoms with Crippen LogP contribution in [0.5, 0.6) is 5.75 Å². The molecule has 0 atom stereocenters. The molecule has 0 fully saturated rings. The first-order valence-corrected chi connectivity index (χ1v) is 7.78. The van der Waals surface area contributed by atoms with Crippen molar-refractivity contribution in [2.24, 2.45) is 0 Å². The maximum absolute atomic E-state index is 11.9. The largest absolute Gasteiger partial charge is 0.491 e. The van der Waals surface area contributed by atoms with Crippen LogP contribution in [-0.4, -0.2) is 19.2 Å². The summed E-state index contributed by atoms with van der Waals surface area (Å²) < 4.78 is 5.69. The fraction of sp³-hybridized carbons (Fsp3) is 0.316. The maximum atomic E-state index is 11.9. The average Bonchev–Trinajstić information content (AvgIpc) is 2.50. The lowest BCUT2D eigenvalue weighted by Crippen LogP contribution is -2.32. The van der Waals surface area contributed by atoms with E-state index in [0.717, 1.165) is 28.1 Å². The lowest BCUT2D eigenvalue weighted by atomic mass is 10.1. The van der Waals surface area contributed by atoms with Crippen LogP contribution in [0.4, 0.5) is 10.5 Å². The monoisotopic (exact) mass is 312 g/mol. The highest BCUT2D eigenvalue weighted by Gasteiger charge is 2.05. The van der Waals surface area contributed by atoms with Gasteiger partial charge < -0.3 is 15.4 Å². The number of hydrogen-bond donors (Lipinski definition) is 2. The molecule has 0 saturated carbocycles. The first kappa shape index (κ1) is 16.9. The molecular formula is C19H24N2O2. The fourth-order valence-electron chi connectivity index (χ4n) is 2.34. The van der Waals surface area contributed by atoms with E-state index in [9.17, 15) is 4.79 Å². The summed E-state index contributed by atoms with van der Waals surface area (Å²) in [7, 11) is 0. The zero-order valence-corrected chi connectivity index (χ0v) is 14.2. The highest BCUT2D eigenvalue weighted by atomic mass is 16.5. The van der Waals surface area contributed by atoms with Crippen LogP contribution in [0.1, 0.15) is 22.3 Å². The second-order valence-electron chi connectivity index (χ2n) is 5.75. The van der Waals surface area contributed by atoms with E-state index in [-0.39, 0.29) is 6.03 Å². The number of nitrogens with one attached hydrogen (secondary N) is 2. The van der Waals surface area contributed by atoms with Gasteiger partial charge in [0.25, 0.3) is 0 Å². The summed E-state index contributed by atoms with van der Waals surface area (Å²) in [5.74, 6) is 0.854. The van der Waals surface area contributed by atoms with Crippen molar-refractivity contribution in [3.05, 3.63) is 58.7 Å². The molecule has 0 unspecified atom stereocenters. The molecule has 0 aliphatic heterocycles. The Balaban J connectivity index is 1.78. The Morgan fingerprint density at radius 3 is 2.57 bits per heavy atom. The maximum Gasteiger partial charge on any atom is 0.319 e. The SMILES string of the molecule is Cc1ccc(OCCNC(=O)Nc2cccc(C)c2C)c(C)c1. The molecule has 0 spiro atoms. The van der Waals surface area contributed by atoms with Gasteiger partial charge in [0.05, 0.1) is 6.54 Å².